The van der Waals surface area contributed by atoms with E-state index in [9.17, 15) is 4.79 Å². The smallest absolute Gasteiger partial charge is 0.226 e. The first-order chi connectivity index (χ1) is 7.11. The van der Waals surface area contributed by atoms with Crippen molar-refractivity contribution in [2.24, 2.45) is 0 Å². The second-order valence-corrected chi connectivity index (χ2v) is 3.68. The molecule has 1 aromatic rings. The van der Waals surface area contributed by atoms with E-state index >= 15 is 0 Å². The summed E-state index contributed by atoms with van der Waals surface area (Å²) in [7, 11) is 4.00. The van der Waals surface area contributed by atoms with Crippen molar-refractivity contribution >= 4 is 0 Å². The first kappa shape index (κ1) is 11.8. The van der Waals surface area contributed by atoms with Crippen molar-refractivity contribution in [3.05, 3.63) is 28.3 Å². The lowest BCUT2D eigenvalue weighted by Gasteiger charge is -2.10. The zero-order chi connectivity index (χ0) is 11.3. The van der Waals surface area contributed by atoms with E-state index in [2.05, 4.69) is 4.90 Å². The summed E-state index contributed by atoms with van der Waals surface area (Å²) < 4.78 is 10.5. The van der Waals surface area contributed by atoms with E-state index in [4.69, 9.17) is 9.15 Å². The predicted octanol–water partition coefficient (Wildman–Crippen LogP) is 1.28. The van der Waals surface area contributed by atoms with Crippen molar-refractivity contribution in [2.75, 3.05) is 27.2 Å². The molecule has 0 bridgehead atoms. The first-order valence-corrected chi connectivity index (χ1v) is 4.97. The summed E-state index contributed by atoms with van der Waals surface area (Å²) in [6.45, 7) is 3.20. The fourth-order valence-corrected chi connectivity index (χ4v) is 1.23. The third kappa shape index (κ3) is 3.75. The maximum absolute atomic E-state index is 11.4. The van der Waals surface area contributed by atoms with Crippen LogP contribution in [0.4, 0.5) is 0 Å². The molecular formula is C11H17NO3. The second kappa shape index (κ2) is 5.56. The highest BCUT2D eigenvalue weighted by atomic mass is 16.5. The molecule has 84 valence electrons. The van der Waals surface area contributed by atoms with Crippen molar-refractivity contribution in [3.63, 3.8) is 0 Å². The molecule has 0 aliphatic rings. The molecule has 0 fully saturated rings. The number of nitrogens with zero attached hydrogens (tertiary/aromatic N) is 1. The van der Waals surface area contributed by atoms with Crippen molar-refractivity contribution in [1.82, 2.24) is 4.90 Å². The molecule has 0 radical (unpaired) electrons. The van der Waals surface area contributed by atoms with Gasteiger partial charge in [0, 0.05) is 12.6 Å². The van der Waals surface area contributed by atoms with Crippen LogP contribution in [0.5, 0.6) is 5.75 Å². The van der Waals surface area contributed by atoms with Gasteiger partial charge in [0.05, 0.1) is 12.9 Å². The third-order valence-electron chi connectivity index (χ3n) is 2.00. The van der Waals surface area contributed by atoms with Crippen LogP contribution in [0, 0.1) is 6.92 Å². The van der Waals surface area contributed by atoms with E-state index in [0.29, 0.717) is 18.1 Å². The van der Waals surface area contributed by atoms with Gasteiger partial charge in [-0.15, -0.1) is 0 Å². The number of rotatable bonds is 5. The van der Waals surface area contributed by atoms with Crippen LogP contribution in [-0.4, -0.2) is 32.1 Å². The lowest BCUT2D eigenvalue weighted by Crippen LogP contribution is -2.17. The summed E-state index contributed by atoms with van der Waals surface area (Å²) >= 11 is 0. The van der Waals surface area contributed by atoms with Gasteiger partial charge < -0.3 is 14.1 Å². The third-order valence-corrected chi connectivity index (χ3v) is 2.00. The molecule has 4 nitrogen and oxygen atoms in total. The molecule has 0 unspecified atom stereocenters. The predicted molar refractivity (Wildman–Crippen MR) is 58.4 cm³/mol. The van der Waals surface area contributed by atoms with Gasteiger partial charge in [-0.2, -0.15) is 0 Å². The van der Waals surface area contributed by atoms with Gasteiger partial charge in [-0.3, -0.25) is 4.79 Å². The molecule has 1 aromatic heterocycles. The van der Waals surface area contributed by atoms with Crippen LogP contribution in [0.25, 0.3) is 0 Å². The first-order valence-electron chi connectivity index (χ1n) is 4.97. The Hall–Kier alpha value is -1.29. The number of ether oxygens (including phenoxy) is 1. The quantitative estimate of drug-likeness (QED) is 0.688. The summed E-state index contributed by atoms with van der Waals surface area (Å²) in [4.78, 5) is 13.4. The van der Waals surface area contributed by atoms with Gasteiger partial charge in [-0.25, -0.2) is 0 Å². The maximum Gasteiger partial charge on any atom is 0.226 e. The minimum absolute atomic E-state index is 0.122. The minimum atomic E-state index is -0.122. The highest BCUT2D eigenvalue weighted by Gasteiger charge is 2.05. The SMILES string of the molecule is Cc1occc(=O)c1OCCCN(C)C. The number of hydrogen-bond donors (Lipinski definition) is 0. The topological polar surface area (TPSA) is 42.7 Å². The summed E-state index contributed by atoms with van der Waals surface area (Å²) in [5.41, 5.74) is -0.122. The molecule has 0 saturated carbocycles. The van der Waals surface area contributed by atoms with Crippen LogP contribution in [0.3, 0.4) is 0 Å². The van der Waals surface area contributed by atoms with Gasteiger partial charge in [0.2, 0.25) is 11.2 Å². The van der Waals surface area contributed by atoms with Crippen LogP contribution < -0.4 is 10.2 Å². The molecule has 0 N–H and O–H groups in total. The zero-order valence-electron chi connectivity index (χ0n) is 9.45. The molecule has 0 aromatic carbocycles. The van der Waals surface area contributed by atoms with Gasteiger partial charge in [-0.1, -0.05) is 0 Å². The monoisotopic (exact) mass is 211 g/mol. The summed E-state index contributed by atoms with van der Waals surface area (Å²) in [5.74, 6) is 0.864. The molecule has 0 saturated heterocycles. The molecule has 0 aliphatic heterocycles. The Morgan fingerprint density at radius 1 is 1.47 bits per heavy atom. The fourth-order valence-electron chi connectivity index (χ4n) is 1.23. The minimum Gasteiger partial charge on any atom is -0.486 e. The van der Waals surface area contributed by atoms with Gasteiger partial charge in [-0.05, 0) is 27.4 Å². The fraction of sp³-hybridized carbons (Fsp3) is 0.545. The highest BCUT2D eigenvalue weighted by Crippen LogP contribution is 2.10. The van der Waals surface area contributed by atoms with Crippen LogP contribution in [0.1, 0.15) is 12.2 Å². The Bertz CT molecular complexity index is 357. The number of aryl methyl sites for hydroxylation is 1. The molecule has 0 aliphatic carbocycles. The highest BCUT2D eigenvalue weighted by molar-refractivity contribution is 5.22. The van der Waals surface area contributed by atoms with Gasteiger partial charge >= 0.3 is 0 Å². The van der Waals surface area contributed by atoms with Crippen molar-refractivity contribution < 1.29 is 9.15 Å². The lowest BCUT2D eigenvalue weighted by atomic mass is 10.3. The van der Waals surface area contributed by atoms with Gasteiger partial charge in [0.1, 0.15) is 5.76 Å². The normalized spacial score (nSPS) is 10.7. The van der Waals surface area contributed by atoms with Crippen molar-refractivity contribution in [2.45, 2.75) is 13.3 Å². The maximum atomic E-state index is 11.4. The molecule has 0 amide bonds. The molecule has 0 spiro atoms. The average Bonchev–Trinajstić information content (AvgIpc) is 2.15. The van der Waals surface area contributed by atoms with E-state index in [1.54, 1.807) is 6.92 Å². The summed E-state index contributed by atoms with van der Waals surface area (Å²) in [6, 6.07) is 1.37. The standard InChI is InChI=1S/C11H17NO3/c1-9-11(10(13)5-8-14-9)15-7-4-6-12(2)3/h5,8H,4,6-7H2,1-3H3. The zero-order valence-corrected chi connectivity index (χ0v) is 9.45. The largest absolute Gasteiger partial charge is 0.486 e. The molecular weight excluding hydrogens is 194 g/mol. The van der Waals surface area contributed by atoms with E-state index in [1.807, 2.05) is 14.1 Å². The average molecular weight is 211 g/mol. The molecule has 1 heterocycles. The molecule has 15 heavy (non-hydrogen) atoms. The van der Waals surface area contributed by atoms with E-state index in [-0.39, 0.29) is 5.43 Å². The van der Waals surface area contributed by atoms with Crippen molar-refractivity contribution in [1.29, 1.82) is 0 Å². The number of hydrogen-bond acceptors (Lipinski definition) is 4. The Morgan fingerprint density at radius 3 is 2.80 bits per heavy atom. The molecule has 0 atom stereocenters. The second-order valence-electron chi connectivity index (χ2n) is 3.68. The Morgan fingerprint density at radius 2 is 2.20 bits per heavy atom. The molecule has 4 heteroatoms. The van der Waals surface area contributed by atoms with Gasteiger partial charge in [0.15, 0.2) is 0 Å². The summed E-state index contributed by atoms with van der Waals surface area (Å²) in [5, 5.41) is 0. The van der Waals surface area contributed by atoms with E-state index < -0.39 is 0 Å². The summed E-state index contributed by atoms with van der Waals surface area (Å²) in [6.07, 6.45) is 2.27. The Kier molecular flexibility index (Phi) is 4.37. The van der Waals surface area contributed by atoms with E-state index in [1.165, 1.54) is 12.3 Å². The van der Waals surface area contributed by atoms with Gasteiger partial charge in [0.25, 0.3) is 0 Å². The van der Waals surface area contributed by atoms with Crippen LogP contribution in [0.2, 0.25) is 0 Å². The van der Waals surface area contributed by atoms with E-state index in [0.717, 1.165) is 13.0 Å². The van der Waals surface area contributed by atoms with Crippen LogP contribution in [-0.2, 0) is 0 Å². The Balaban J connectivity index is 2.47. The lowest BCUT2D eigenvalue weighted by molar-refractivity contribution is 0.268. The van der Waals surface area contributed by atoms with Crippen LogP contribution >= 0.6 is 0 Å². The molecule has 1 rings (SSSR count). The van der Waals surface area contributed by atoms with Crippen molar-refractivity contribution in [3.8, 4) is 5.75 Å². The Labute approximate surface area is 89.5 Å². The van der Waals surface area contributed by atoms with Crippen LogP contribution in [0.15, 0.2) is 21.5 Å².